The summed E-state index contributed by atoms with van der Waals surface area (Å²) in [6.07, 6.45) is 0. The summed E-state index contributed by atoms with van der Waals surface area (Å²) in [7, 11) is -0.950. The Kier molecular flexibility index (Phi) is 8.83. The molecule has 0 saturated carbocycles. The van der Waals surface area contributed by atoms with E-state index < -0.39 is 10.0 Å². The number of anilines is 3. The van der Waals surface area contributed by atoms with Crippen LogP contribution in [-0.4, -0.2) is 45.2 Å². The number of fused-ring (bicyclic) bond motifs is 1. The molecule has 11 nitrogen and oxygen atoms in total. The Balaban J connectivity index is 1.18. The first-order chi connectivity index (χ1) is 20.8. The predicted octanol–water partition coefficient (Wildman–Crippen LogP) is 5.63. The number of ether oxygens (including phenoxy) is 2. The molecule has 4 aromatic carbocycles. The van der Waals surface area contributed by atoms with E-state index in [1.165, 1.54) is 32.4 Å². The summed E-state index contributed by atoms with van der Waals surface area (Å²) in [5, 5.41) is 5.77. The first kappa shape index (κ1) is 29.5. The Morgan fingerprint density at radius 2 is 1.49 bits per heavy atom. The Hall–Kier alpha value is -5.01. The maximum atomic E-state index is 13.0. The molecule has 0 radical (unpaired) electrons. The number of oxazole rings is 1. The van der Waals surface area contributed by atoms with Gasteiger partial charge in [0.2, 0.25) is 5.91 Å². The third kappa shape index (κ3) is 7.08. The minimum atomic E-state index is -3.93. The number of rotatable bonds is 11. The molecule has 1 aromatic heterocycles. The van der Waals surface area contributed by atoms with Gasteiger partial charge in [-0.15, -0.1) is 0 Å². The summed E-state index contributed by atoms with van der Waals surface area (Å²) in [5.41, 5.74) is 2.47. The number of amides is 2. The fourth-order valence-electron chi connectivity index (χ4n) is 4.02. The highest BCUT2D eigenvalue weighted by Crippen LogP contribution is 2.29. The van der Waals surface area contributed by atoms with Gasteiger partial charge >= 0.3 is 0 Å². The summed E-state index contributed by atoms with van der Waals surface area (Å²) in [6.45, 7) is 0. The number of hydrogen-bond donors (Lipinski definition) is 3. The number of aromatic nitrogens is 1. The van der Waals surface area contributed by atoms with E-state index in [1.807, 2.05) is 0 Å². The molecule has 43 heavy (non-hydrogen) atoms. The molecule has 0 aliphatic rings. The van der Waals surface area contributed by atoms with Crippen LogP contribution in [0, 0.1) is 0 Å². The summed E-state index contributed by atoms with van der Waals surface area (Å²) < 4.78 is 44.6. The van der Waals surface area contributed by atoms with Gasteiger partial charge in [0.15, 0.2) is 5.58 Å². The van der Waals surface area contributed by atoms with Gasteiger partial charge in [-0.1, -0.05) is 36.0 Å². The van der Waals surface area contributed by atoms with Crippen LogP contribution in [0.1, 0.15) is 10.4 Å². The largest absolute Gasteiger partial charge is 0.495 e. The van der Waals surface area contributed by atoms with Crippen molar-refractivity contribution in [3.63, 3.8) is 0 Å². The minimum Gasteiger partial charge on any atom is -0.495 e. The second kappa shape index (κ2) is 12.9. The molecule has 0 bridgehead atoms. The number of thioether (sulfide) groups is 1. The predicted molar refractivity (Wildman–Crippen MR) is 165 cm³/mol. The zero-order valence-corrected chi connectivity index (χ0v) is 24.6. The van der Waals surface area contributed by atoms with Crippen molar-refractivity contribution in [2.24, 2.45) is 0 Å². The number of nitrogens with one attached hydrogen (secondary N) is 3. The monoisotopic (exact) mass is 618 g/mol. The van der Waals surface area contributed by atoms with Crippen molar-refractivity contribution in [1.29, 1.82) is 0 Å². The van der Waals surface area contributed by atoms with Gasteiger partial charge in [-0.3, -0.25) is 14.3 Å². The van der Waals surface area contributed by atoms with Crippen LogP contribution in [0.15, 0.2) is 106 Å². The van der Waals surface area contributed by atoms with Gasteiger partial charge in [0, 0.05) is 11.3 Å². The van der Waals surface area contributed by atoms with E-state index in [0.29, 0.717) is 45.2 Å². The Morgan fingerprint density at radius 1 is 0.837 bits per heavy atom. The van der Waals surface area contributed by atoms with Crippen LogP contribution in [0.25, 0.3) is 11.1 Å². The molecule has 0 spiro atoms. The van der Waals surface area contributed by atoms with E-state index in [1.54, 1.807) is 72.8 Å². The standard InChI is InChI=1S/C30H26N4O7S2/c1-39-25-9-5-3-7-22(25)32-29(36)19-11-13-20(14-12-19)31-28(35)18-42-30-33-24-17-21(15-16-27(24)41-30)43(37,38)34-23-8-4-6-10-26(23)40-2/h3-17,34H,18H2,1-2H3,(H,31,35)(H,32,36). The molecule has 0 aliphatic carbocycles. The Bertz CT molecular complexity index is 1890. The molecular weight excluding hydrogens is 592 g/mol. The maximum Gasteiger partial charge on any atom is 0.262 e. The quantitative estimate of drug-likeness (QED) is 0.160. The fraction of sp³-hybridized carbons (Fsp3) is 0.100. The molecule has 0 aliphatic heterocycles. The number of para-hydroxylation sites is 4. The van der Waals surface area contributed by atoms with Gasteiger partial charge in [0.05, 0.1) is 36.2 Å². The third-order valence-corrected chi connectivity index (χ3v) is 8.31. The van der Waals surface area contributed by atoms with Crippen molar-refractivity contribution in [3.8, 4) is 11.5 Å². The number of benzene rings is 4. The first-order valence-electron chi connectivity index (χ1n) is 12.8. The van der Waals surface area contributed by atoms with E-state index in [4.69, 9.17) is 13.9 Å². The number of hydrogen-bond acceptors (Lipinski definition) is 9. The van der Waals surface area contributed by atoms with Crippen LogP contribution in [0.2, 0.25) is 0 Å². The molecule has 1 heterocycles. The highest BCUT2D eigenvalue weighted by Gasteiger charge is 2.19. The number of nitrogens with zero attached hydrogens (tertiary/aromatic N) is 1. The van der Waals surface area contributed by atoms with Crippen molar-refractivity contribution in [1.82, 2.24) is 4.98 Å². The lowest BCUT2D eigenvalue weighted by Gasteiger charge is -2.11. The summed E-state index contributed by atoms with van der Waals surface area (Å²) in [5.74, 6) is 0.283. The van der Waals surface area contributed by atoms with Crippen molar-refractivity contribution in [2.45, 2.75) is 10.1 Å². The van der Waals surface area contributed by atoms with Gasteiger partial charge < -0.3 is 24.5 Å². The summed E-state index contributed by atoms with van der Waals surface area (Å²) in [6, 6.07) is 24.5. The van der Waals surface area contributed by atoms with Crippen molar-refractivity contribution < 1.29 is 31.9 Å². The van der Waals surface area contributed by atoms with Gasteiger partial charge in [0.25, 0.3) is 21.2 Å². The van der Waals surface area contributed by atoms with Gasteiger partial charge in [0.1, 0.15) is 17.0 Å². The highest BCUT2D eigenvalue weighted by atomic mass is 32.2. The normalized spacial score (nSPS) is 11.1. The molecule has 5 aromatic rings. The molecule has 3 N–H and O–H groups in total. The SMILES string of the molecule is COc1ccccc1NC(=O)c1ccc(NC(=O)CSc2nc3cc(S(=O)(=O)Nc4ccccc4OC)ccc3o2)cc1. The second-order valence-electron chi connectivity index (χ2n) is 8.98. The molecule has 220 valence electrons. The van der Waals surface area contributed by atoms with Crippen LogP contribution in [0.3, 0.4) is 0 Å². The van der Waals surface area contributed by atoms with E-state index in [-0.39, 0.29) is 27.7 Å². The molecule has 13 heteroatoms. The van der Waals surface area contributed by atoms with E-state index in [2.05, 4.69) is 20.3 Å². The lowest BCUT2D eigenvalue weighted by molar-refractivity contribution is -0.113. The third-order valence-electron chi connectivity index (χ3n) is 6.11. The number of sulfonamides is 1. The number of carbonyl (C=O) groups is 2. The molecular formula is C30H26N4O7S2. The van der Waals surface area contributed by atoms with Gasteiger partial charge in [-0.05, 0) is 66.7 Å². The topological polar surface area (TPSA) is 149 Å². The van der Waals surface area contributed by atoms with Gasteiger partial charge in [-0.25, -0.2) is 13.4 Å². The number of carbonyl (C=O) groups excluding carboxylic acids is 2. The smallest absolute Gasteiger partial charge is 0.262 e. The molecule has 2 amide bonds. The van der Waals surface area contributed by atoms with E-state index in [9.17, 15) is 18.0 Å². The molecule has 5 rings (SSSR count). The molecule has 0 fully saturated rings. The Labute approximate surface area is 251 Å². The second-order valence-corrected chi connectivity index (χ2v) is 11.6. The van der Waals surface area contributed by atoms with Crippen LogP contribution in [0.4, 0.5) is 17.1 Å². The zero-order chi connectivity index (χ0) is 30.4. The van der Waals surface area contributed by atoms with Crippen LogP contribution >= 0.6 is 11.8 Å². The van der Waals surface area contributed by atoms with Crippen LogP contribution in [0.5, 0.6) is 11.5 Å². The maximum absolute atomic E-state index is 13.0. The minimum absolute atomic E-state index is 0.00599. The molecule has 0 unspecified atom stereocenters. The highest BCUT2D eigenvalue weighted by molar-refractivity contribution is 7.99. The lowest BCUT2D eigenvalue weighted by atomic mass is 10.2. The van der Waals surface area contributed by atoms with E-state index >= 15 is 0 Å². The molecule has 0 saturated heterocycles. The first-order valence-corrected chi connectivity index (χ1v) is 15.3. The average molecular weight is 619 g/mol. The van der Waals surface area contributed by atoms with Crippen LogP contribution < -0.4 is 24.8 Å². The van der Waals surface area contributed by atoms with E-state index in [0.717, 1.165) is 11.8 Å². The van der Waals surface area contributed by atoms with Gasteiger partial charge in [-0.2, -0.15) is 0 Å². The summed E-state index contributed by atoms with van der Waals surface area (Å²) >= 11 is 1.06. The zero-order valence-electron chi connectivity index (χ0n) is 23.0. The van der Waals surface area contributed by atoms with Crippen molar-refractivity contribution in [3.05, 3.63) is 96.6 Å². The van der Waals surface area contributed by atoms with Crippen molar-refractivity contribution in [2.75, 3.05) is 35.3 Å². The van der Waals surface area contributed by atoms with Crippen molar-refractivity contribution >= 4 is 61.8 Å². The molecule has 0 atom stereocenters. The Morgan fingerprint density at radius 3 is 2.19 bits per heavy atom. The summed E-state index contributed by atoms with van der Waals surface area (Å²) in [4.78, 5) is 29.5. The lowest BCUT2D eigenvalue weighted by Crippen LogP contribution is -2.15. The fourth-order valence-corrected chi connectivity index (χ4v) is 5.75. The van der Waals surface area contributed by atoms with Crippen LogP contribution in [-0.2, 0) is 14.8 Å². The average Bonchev–Trinajstić information content (AvgIpc) is 3.43. The number of methoxy groups -OCH3 is 2.